The van der Waals surface area contributed by atoms with Crippen LogP contribution < -0.4 is 20.1 Å². The Balaban J connectivity index is 1.31. The van der Waals surface area contributed by atoms with Gasteiger partial charge in [0.1, 0.15) is 11.5 Å². The van der Waals surface area contributed by atoms with Gasteiger partial charge in [-0.25, -0.2) is 9.97 Å². The molecule has 1 aliphatic heterocycles. The highest BCUT2D eigenvalue weighted by atomic mass is 32.2. The van der Waals surface area contributed by atoms with Crippen LogP contribution in [0.1, 0.15) is 12.1 Å². The van der Waals surface area contributed by atoms with E-state index < -0.39 is 0 Å². The Kier molecular flexibility index (Phi) is 11.4. The van der Waals surface area contributed by atoms with Crippen LogP contribution in [-0.2, 0) is 9.53 Å². The van der Waals surface area contributed by atoms with Crippen LogP contribution in [0.25, 0.3) is 4.91 Å². The summed E-state index contributed by atoms with van der Waals surface area (Å²) in [6, 6.07) is 16.8. The van der Waals surface area contributed by atoms with Crippen molar-refractivity contribution in [1.29, 1.82) is 0 Å². The predicted octanol–water partition coefficient (Wildman–Crippen LogP) is 5.23. The molecule has 1 aromatic heterocycles. The van der Waals surface area contributed by atoms with Gasteiger partial charge in [0.25, 0.3) is 0 Å². The number of allylic oxidation sites excluding steroid dienone is 2. The van der Waals surface area contributed by atoms with Gasteiger partial charge in [-0.2, -0.15) is 0 Å². The number of anilines is 3. The second kappa shape index (κ2) is 15.7. The summed E-state index contributed by atoms with van der Waals surface area (Å²) in [6.45, 7) is 5.26. The fraction of sp³-hybridized carbons (Fsp3) is 0.300. The van der Waals surface area contributed by atoms with Crippen molar-refractivity contribution in [2.75, 3.05) is 63.5 Å². The first-order valence-electron chi connectivity index (χ1n) is 13.1. The summed E-state index contributed by atoms with van der Waals surface area (Å²) in [4.78, 5) is 24.7. The molecule has 0 aliphatic carbocycles. The number of morpholine rings is 1. The standard InChI is InChI=1S/C30H35N5O4S/c1-37-25-9-3-7-23(21-25)32-29(36)12-5-11-28(40-2)27-13-14-31-30(34-27)33-24-8-4-10-26(22-24)39-18-6-15-35-16-19-38-20-17-35/h3-5,7-14,21-22H,6,15-20H2,1-2H3,(H,32,36)(H,31,33,34)/b12-5+,28-11-. The van der Waals surface area contributed by atoms with Crippen LogP contribution in [0.4, 0.5) is 17.3 Å². The van der Waals surface area contributed by atoms with Crippen molar-refractivity contribution in [3.8, 4) is 11.5 Å². The van der Waals surface area contributed by atoms with Crippen LogP contribution in [0.2, 0.25) is 0 Å². The van der Waals surface area contributed by atoms with E-state index in [0.29, 0.717) is 24.0 Å². The molecular weight excluding hydrogens is 526 g/mol. The summed E-state index contributed by atoms with van der Waals surface area (Å²) >= 11 is 1.54. The quantitative estimate of drug-likeness (QED) is 0.165. The van der Waals surface area contributed by atoms with Crippen LogP contribution in [0.5, 0.6) is 11.5 Å². The normalized spacial score (nSPS) is 14.2. The van der Waals surface area contributed by atoms with Crippen LogP contribution >= 0.6 is 11.8 Å². The summed E-state index contributed by atoms with van der Waals surface area (Å²) < 4.78 is 16.6. The number of nitrogens with zero attached hydrogens (tertiary/aromatic N) is 3. The van der Waals surface area contributed by atoms with Crippen molar-refractivity contribution >= 4 is 39.9 Å². The average molecular weight is 562 g/mol. The van der Waals surface area contributed by atoms with Gasteiger partial charge in [0, 0.05) is 60.3 Å². The Hall–Kier alpha value is -3.86. The largest absolute Gasteiger partial charge is 0.497 e. The van der Waals surface area contributed by atoms with Gasteiger partial charge in [-0.3, -0.25) is 9.69 Å². The molecule has 9 nitrogen and oxygen atoms in total. The first-order chi connectivity index (χ1) is 19.6. The molecule has 4 rings (SSSR count). The SMILES string of the molecule is COc1cccc(NC(=O)/C=C/C=C(\SC)c2ccnc(Nc3cccc(OCCCN4CCOCC4)c3)n2)c1. The van der Waals surface area contributed by atoms with Crippen molar-refractivity contribution in [2.24, 2.45) is 0 Å². The fourth-order valence-electron chi connectivity index (χ4n) is 4.02. The second-order valence-corrected chi connectivity index (χ2v) is 9.74. The van der Waals surface area contributed by atoms with Crippen LogP contribution in [0, 0.1) is 0 Å². The molecule has 2 N–H and O–H groups in total. The fourth-order valence-corrected chi connectivity index (χ4v) is 4.55. The van der Waals surface area contributed by atoms with E-state index in [-0.39, 0.29) is 5.91 Å². The number of aromatic nitrogens is 2. The molecule has 0 bridgehead atoms. The lowest BCUT2D eigenvalue weighted by Gasteiger charge is -2.26. The highest BCUT2D eigenvalue weighted by Crippen LogP contribution is 2.25. The number of carbonyl (C=O) groups is 1. The molecule has 1 fully saturated rings. The molecular formula is C30H35N5O4S. The Labute approximate surface area is 239 Å². The summed E-state index contributed by atoms with van der Waals surface area (Å²) in [5, 5.41) is 6.09. The molecule has 210 valence electrons. The molecule has 2 aromatic carbocycles. The Morgan fingerprint density at radius 2 is 1.88 bits per heavy atom. The minimum Gasteiger partial charge on any atom is -0.497 e. The summed E-state index contributed by atoms with van der Waals surface area (Å²) in [6.07, 6.45) is 9.67. The van der Waals surface area contributed by atoms with Gasteiger partial charge in [0.15, 0.2) is 0 Å². The molecule has 2 heterocycles. The zero-order valence-electron chi connectivity index (χ0n) is 22.8. The topological polar surface area (TPSA) is 97.8 Å². The lowest BCUT2D eigenvalue weighted by atomic mass is 10.3. The van der Waals surface area contributed by atoms with E-state index in [1.807, 2.05) is 54.8 Å². The van der Waals surface area contributed by atoms with Crippen LogP contribution in [-0.4, -0.2) is 73.6 Å². The molecule has 1 aliphatic rings. The lowest BCUT2D eigenvalue weighted by Crippen LogP contribution is -2.37. The van der Waals surface area contributed by atoms with Crippen molar-refractivity contribution < 1.29 is 19.0 Å². The van der Waals surface area contributed by atoms with Gasteiger partial charge >= 0.3 is 0 Å². The highest BCUT2D eigenvalue weighted by molar-refractivity contribution is 8.07. The Bertz CT molecular complexity index is 1310. The van der Waals surface area contributed by atoms with Crippen molar-refractivity contribution in [2.45, 2.75) is 6.42 Å². The van der Waals surface area contributed by atoms with Crippen LogP contribution in [0.15, 0.2) is 79.0 Å². The van der Waals surface area contributed by atoms with Crippen molar-refractivity contribution in [3.63, 3.8) is 0 Å². The summed E-state index contributed by atoms with van der Waals surface area (Å²) in [5.74, 6) is 1.71. The number of hydrogen-bond acceptors (Lipinski definition) is 9. The predicted molar refractivity (Wildman–Crippen MR) is 161 cm³/mol. The molecule has 10 heteroatoms. The van der Waals surface area contributed by atoms with Gasteiger partial charge in [0.05, 0.1) is 32.6 Å². The highest BCUT2D eigenvalue weighted by Gasteiger charge is 2.10. The van der Waals surface area contributed by atoms with E-state index in [1.54, 1.807) is 31.5 Å². The molecule has 40 heavy (non-hydrogen) atoms. The smallest absolute Gasteiger partial charge is 0.248 e. The molecule has 1 saturated heterocycles. The maximum atomic E-state index is 12.3. The molecule has 0 unspecified atom stereocenters. The van der Waals surface area contributed by atoms with E-state index in [0.717, 1.165) is 61.3 Å². The monoisotopic (exact) mass is 561 g/mol. The molecule has 1 amide bonds. The van der Waals surface area contributed by atoms with Crippen molar-refractivity contribution in [1.82, 2.24) is 14.9 Å². The third kappa shape index (κ3) is 9.41. The van der Waals surface area contributed by atoms with Gasteiger partial charge in [0.2, 0.25) is 11.9 Å². The van der Waals surface area contributed by atoms with Gasteiger partial charge in [-0.15, -0.1) is 11.8 Å². The van der Waals surface area contributed by atoms with E-state index in [9.17, 15) is 4.79 Å². The minimum absolute atomic E-state index is 0.238. The zero-order chi connectivity index (χ0) is 28.0. The van der Waals surface area contributed by atoms with Gasteiger partial charge < -0.3 is 24.8 Å². The first-order valence-corrected chi connectivity index (χ1v) is 14.4. The maximum absolute atomic E-state index is 12.3. The third-order valence-corrected chi connectivity index (χ3v) is 6.83. The average Bonchev–Trinajstić information content (AvgIpc) is 2.98. The first kappa shape index (κ1) is 29.1. The molecule has 0 spiro atoms. The Morgan fingerprint density at radius 1 is 1.10 bits per heavy atom. The number of methoxy groups -OCH3 is 1. The van der Waals surface area contributed by atoms with Crippen molar-refractivity contribution in [3.05, 3.63) is 84.7 Å². The van der Waals surface area contributed by atoms with Crippen LogP contribution in [0.3, 0.4) is 0 Å². The maximum Gasteiger partial charge on any atom is 0.248 e. The van der Waals surface area contributed by atoms with E-state index in [4.69, 9.17) is 14.2 Å². The molecule has 0 atom stereocenters. The lowest BCUT2D eigenvalue weighted by molar-refractivity contribution is -0.111. The number of ether oxygens (including phenoxy) is 3. The molecule has 0 radical (unpaired) electrons. The number of hydrogen-bond donors (Lipinski definition) is 2. The number of amides is 1. The molecule has 3 aromatic rings. The van der Waals surface area contributed by atoms with Gasteiger partial charge in [-0.05, 0) is 49.1 Å². The number of rotatable bonds is 13. The summed E-state index contributed by atoms with van der Waals surface area (Å²) in [5.41, 5.74) is 2.25. The number of benzene rings is 2. The van der Waals surface area contributed by atoms with E-state index >= 15 is 0 Å². The second-order valence-electron chi connectivity index (χ2n) is 8.89. The Morgan fingerprint density at radius 3 is 2.67 bits per heavy atom. The minimum atomic E-state index is -0.238. The van der Waals surface area contributed by atoms with Gasteiger partial charge in [-0.1, -0.05) is 18.2 Å². The zero-order valence-corrected chi connectivity index (χ0v) is 23.7. The third-order valence-electron chi connectivity index (χ3n) is 6.04. The van der Waals surface area contributed by atoms with E-state index in [1.165, 1.54) is 17.8 Å². The number of carbonyl (C=O) groups excluding carboxylic acids is 1. The summed E-state index contributed by atoms with van der Waals surface area (Å²) in [7, 11) is 1.59. The van der Waals surface area contributed by atoms with E-state index in [2.05, 4.69) is 25.5 Å². The molecule has 0 saturated carbocycles. The number of thioether (sulfide) groups is 1. The number of nitrogens with one attached hydrogen (secondary N) is 2.